The van der Waals surface area contributed by atoms with Crippen LogP contribution in [0.1, 0.15) is 132 Å². The third kappa shape index (κ3) is 25.4. The van der Waals surface area contributed by atoms with Crippen molar-refractivity contribution in [1.82, 2.24) is 73.0 Å². The number of aromatic nitrogens is 3. The SMILES string of the molecule is CC(C)C[C@H](NC(=O)[C@H](CC(C)C)NC(=O)[C@@H](NC(=O)[C@H](CO)NC(=O)[C@@H](NC(=O)[C@H](C)NC(=O)[C@H](Cc1c[nH]c2ccccc12)NC(=O)[C@H](CCC(=O)O)NC(=O)[C@@H]1CCCN1C(=O)[C@H](Cc1cnc[nH]1)NC(=O)[C@H](C)N)C(C)C)C(C)C)C(=O)N[C@@H](CCCN=C(N)N)C(=O)O. The predicted molar refractivity (Wildman–Crippen MR) is 358 cm³/mol. The molecule has 542 valence electrons. The topological polar surface area (TPSA) is 541 Å². The van der Waals surface area contributed by atoms with Gasteiger partial charge < -0.3 is 101 Å². The second-order valence-corrected chi connectivity index (χ2v) is 26.1. The Labute approximate surface area is 568 Å². The van der Waals surface area contributed by atoms with Crippen LogP contribution in [0.3, 0.4) is 0 Å². The van der Waals surface area contributed by atoms with Crippen molar-refractivity contribution in [1.29, 1.82) is 0 Å². The first-order valence-corrected chi connectivity index (χ1v) is 32.8. The summed E-state index contributed by atoms with van der Waals surface area (Å²) < 4.78 is 0. The van der Waals surface area contributed by atoms with Gasteiger partial charge in [0.05, 0.1) is 19.0 Å². The molecule has 0 spiro atoms. The van der Waals surface area contributed by atoms with E-state index in [1.54, 1.807) is 85.9 Å². The highest BCUT2D eigenvalue weighted by molar-refractivity contribution is 6.00. The summed E-state index contributed by atoms with van der Waals surface area (Å²) in [6.45, 7) is 15.3. The Kier molecular flexibility index (Phi) is 32.0. The number of nitrogens with two attached hydrogens (primary N) is 3. The van der Waals surface area contributed by atoms with Crippen molar-refractivity contribution in [3.63, 3.8) is 0 Å². The molecule has 4 rings (SSSR count). The number of carboxylic acid groups (broad SMARTS) is 2. The maximum Gasteiger partial charge on any atom is 0.326 e. The third-order valence-corrected chi connectivity index (χ3v) is 16.2. The van der Waals surface area contributed by atoms with Crippen LogP contribution in [0.4, 0.5) is 0 Å². The third-order valence-electron chi connectivity index (χ3n) is 16.2. The summed E-state index contributed by atoms with van der Waals surface area (Å²) in [4.78, 5) is 193. The molecule has 0 saturated carbocycles. The van der Waals surface area contributed by atoms with Crippen LogP contribution in [0.2, 0.25) is 0 Å². The van der Waals surface area contributed by atoms with Crippen LogP contribution < -0.4 is 70.4 Å². The number of carbonyl (C=O) groups is 13. The number of aromatic amines is 2. The number of likely N-dealkylation sites (tertiary alicyclic amines) is 1. The Morgan fingerprint density at radius 1 is 0.602 bits per heavy atom. The molecule has 34 nitrogen and oxygen atoms in total. The van der Waals surface area contributed by atoms with Gasteiger partial charge in [0.2, 0.25) is 65.0 Å². The molecule has 3 heterocycles. The summed E-state index contributed by atoms with van der Waals surface area (Å²) in [6.07, 6.45) is 3.91. The predicted octanol–water partition coefficient (Wildman–Crippen LogP) is -2.72. The average molecular weight is 1380 g/mol. The maximum absolute atomic E-state index is 14.5. The molecule has 34 heteroatoms. The van der Waals surface area contributed by atoms with Crippen LogP contribution >= 0.6 is 0 Å². The number of aliphatic hydroxyl groups excluding tert-OH is 1. The van der Waals surface area contributed by atoms with E-state index >= 15 is 0 Å². The number of amides is 11. The number of carboxylic acids is 2. The summed E-state index contributed by atoms with van der Waals surface area (Å²) >= 11 is 0. The summed E-state index contributed by atoms with van der Waals surface area (Å²) in [7, 11) is 0. The fraction of sp³-hybridized carbons (Fsp3) is 0.609. The number of H-pyrrole nitrogens is 2. The molecule has 0 radical (unpaired) electrons. The number of carbonyl (C=O) groups excluding carboxylic acids is 11. The number of benzene rings is 1. The van der Waals surface area contributed by atoms with Gasteiger partial charge >= 0.3 is 11.9 Å². The van der Waals surface area contributed by atoms with Gasteiger partial charge in [0, 0.05) is 61.3 Å². The number of para-hydroxylation sites is 1. The number of nitrogens with one attached hydrogen (secondary N) is 12. The summed E-state index contributed by atoms with van der Waals surface area (Å²) in [5.41, 5.74) is 18.2. The van der Waals surface area contributed by atoms with Crippen molar-refractivity contribution in [2.45, 2.75) is 206 Å². The largest absolute Gasteiger partial charge is 0.481 e. The first-order chi connectivity index (χ1) is 46.1. The Hall–Kier alpha value is -9.73. The molecule has 2 aromatic heterocycles. The Bertz CT molecular complexity index is 3280. The molecule has 1 saturated heterocycles. The van der Waals surface area contributed by atoms with Crippen LogP contribution in [0, 0.1) is 23.7 Å². The van der Waals surface area contributed by atoms with E-state index in [0.717, 1.165) is 0 Å². The highest BCUT2D eigenvalue weighted by atomic mass is 16.4. The minimum atomic E-state index is -1.72. The molecule has 12 atom stereocenters. The van der Waals surface area contributed by atoms with Gasteiger partial charge in [-0.15, -0.1) is 0 Å². The van der Waals surface area contributed by atoms with Crippen LogP contribution in [0.5, 0.6) is 0 Å². The van der Waals surface area contributed by atoms with Crippen molar-refractivity contribution in [2.75, 3.05) is 19.7 Å². The number of guanidine groups is 1. The molecule has 0 aliphatic carbocycles. The minimum absolute atomic E-state index is 0.0326. The second-order valence-electron chi connectivity index (χ2n) is 26.1. The lowest BCUT2D eigenvalue weighted by atomic mass is 9.98. The van der Waals surface area contributed by atoms with Crippen LogP contribution in [-0.4, -0.2) is 210 Å². The molecule has 3 aromatic rings. The fourth-order valence-corrected chi connectivity index (χ4v) is 10.8. The molecular weight excluding hydrogens is 1280 g/mol. The lowest BCUT2D eigenvalue weighted by Crippen LogP contribution is -2.62. The standard InChI is InChI=1S/C64H100N18O16/c1-31(2)23-43(56(90)74-42(63(97)98)17-13-21-69-64(66)67)75-57(91)44(24-32(3)4)77-60(94)51(34(7)8)81-58(92)47(29-83)79-61(95)50(33(5)6)80-53(87)36(10)72-55(89)45(25-37-27-70-40-16-12-11-15-39(37)40)76-54(88)41(19-20-49(84)85)73-59(93)48-18-14-22-82(48)62(96)46(78-52(86)35(9)65)26-38-28-68-30-71-38/h11-12,15-16,27-28,30-36,41-48,50-51,70,83H,13-14,17-26,29,65H2,1-10H3,(H,68,71)(H,72,89)(H,73,93)(H,74,90)(H,75,91)(H,76,88)(H,77,94)(H,78,86)(H,79,95)(H,80,87)(H,81,92)(H,84,85)(H,97,98)(H4,66,67,69)/t35-,36-,41-,42-,43-,44-,45-,46-,47-,48-,50-,51-/m0/s1. The normalized spacial score (nSPS) is 16.3. The zero-order chi connectivity index (χ0) is 73.2. The number of hydrogen-bond acceptors (Lipinski definition) is 17. The van der Waals surface area contributed by atoms with E-state index in [9.17, 15) is 77.6 Å². The van der Waals surface area contributed by atoms with Gasteiger partial charge in [-0.25, -0.2) is 9.78 Å². The van der Waals surface area contributed by atoms with Gasteiger partial charge in [-0.05, 0) is 94.1 Å². The Morgan fingerprint density at radius 2 is 1.13 bits per heavy atom. The molecule has 11 amide bonds. The number of hydrogen-bond donors (Lipinski definition) is 18. The molecule has 1 aliphatic rings. The van der Waals surface area contributed by atoms with Crippen LogP contribution in [0.15, 0.2) is 48.0 Å². The minimum Gasteiger partial charge on any atom is -0.481 e. The zero-order valence-electron chi connectivity index (χ0n) is 57.2. The van der Waals surface area contributed by atoms with E-state index in [0.29, 0.717) is 28.6 Å². The lowest BCUT2D eigenvalue weighted by molar-refractivity contribution is -0.143. The second kappa shape index (κ2) is 38.9. The molecule has 0 unspecified atom stereocenters. The lowest BCUT2D eigenvalue weighted by Gasteiger charge is -2.30. The summed E-state index contributed by atoms with van der Waals surface area (Å²) in [5, 5.41) is 56.5. The Balaban J connectivity index is 1.50. The highest BCUT2D eigenvalue weighted by Gasteiger charge is 2.41. The van der Waals surface area contributed by atoms with E-state index in [1.165, 1.54) is 31.3 Å². The number of aliphatic carboxylic acids is 2. The van der Waals surface area contributed by atoms with Crippen molar-refractivity contribution in [3.8, 4) is 0 Å². The van der Waals surface area contributed by atoms with E-state index in [2.05, 4.69) is 73.1 Å². The number of nitrogens with zero attached hydrogens (tertiary/aromatic N) is 3. The quantitative estimate of drug-likeness (QED) is 0.0156. The molecule has 1 fully saturated rings. The van der Waals surface area contributed by atoms with Gasteiger partial charge in [0.15, 0.2) is 5.96 Å². The van der Waals surface area contributed by atoms with Gasteiger partial charge in [0.25, 0.3) is 0 Å². The fourth-order valence-electron chi connectivity index (χ4n) is 10.8. The van der Waals surface area contributed by atoms with Gasteiger partial charge in [0.1, 0.15) is 66.5 Å². The number of imidazole rings is 1. The molecule has 1 aromatic carbocycles. The van der Waals surface area contributed by atoms with E-state index in [-0.39, 0.29) is 75.8 Å². The van der Waals surface area contributed by atoms with Gasteiger partial charge in [-0.2, -0.15) is 0 Å². The number of rotatable bonds is 40. The summed E-state index contributed by atoms with van der Waals surface area (Å²) in [6, 6.07) is -9.27. The Morgan fingerprint density at radius 3 is 1.67 bits per heavy atom. The van der Waals surface area contributed by atoms with E-state index < -0.39 is 181 Å². The monoisotopic (exact) mass is 1380 g/mol. The number of aliphatic imine (C=N–C) groups is 1. The molecule has 0 bridgehead atoms. The van der Waals surface area contributed by atoms with E-state index in [4.69, 9.17) is 17.2 Å². The molecular formula is C64H100N18O16. The van der Waals surface area contributed by atoms with Crippen molar-refractivity contribution >= 4 is 93.8 Å². The average Bonchev–Trinajstić information content (AvgIpc) is 1.63. The van der Waals surface area contributed by atoms with Gasteiger partial charge in [-0.3, -0.25) is 62.5 Å². The molecule has 21 N–H and O–H groups in total. The number of aliphatic hydroxyl groups is 1. The molecule has 1 aliphatic heterocycles. The maximum atomic E-state index is 14.5. The number of fused-ring (bicyclic) bond motifs is 1. The van der Waals surface area contributed by atoms with Crippen LogP contribution in [0.25, 0.3) is 10.9 Å². The first-order valence-electron chi connectivity index (χ1n) is 32.8. The van der Waals surface area contributed by atoms with Crippen molar-refractivity contribution in [3.05, 3.63) is 54.2 Å². The van der Waals surface area contributed by atoms with Crippen molar-refractivity contribution < 1.29 is 77.6 Å². The van der Waals surface area contributed by atoms with Crippen molar-refractivity contribution in [2.24, 2.45) is 45.9 Å². The molecule has 98 heavy (non-hydrogen) atoms. The first kappa shape index (κ1) is 80.7. The van der Waals surface area contributed by atoms with Crippen LogP contribution in [-0.2, 0) is 75.2 Å². The van der Waals surface area contributed by atoms with E-state index in [1.807, 2.05) is 0 Å². The zero-order valence-corrected chi connectivity index (χ0v) is 57.2. The summed E-state index contributed by atoms with van der Waals surface area (Å²) in [5.74, 6) is -13.9. The van der Waals surface area contributed by atoms with Gasteiger partial charge in [-0.1, -0.05) is 73.6 Å². The smallest absolute Gasteiger partial charge is 0.326 e. The highest BCUT2D eigenvalue weighted by Crippen LogP contribution is 2.23.